The predicted octanol–water partition coefficient (Wildman–Crippen LogP) is 3.64. The lowest BCUT2D eigenvalue weighted by atomic mass is 10.2. The third-order valence-corrected chi connectivity index (χ3v) is 1.22. The van der Waals surface area contributed by atoms with E-state index in [4.69, 9.17) is 6.42 Å². The molecule has 12 heavy (non-hydrogen) atoms. The van der Waals surface area contributed by atoms with E-state index >= 15 is 0 Å². The van der Waals surface area contributed by atoms with E-state index < -0.39 is 0 Å². The third kappa shape index (κ3) is 4.57. The van der Waals surface area contributed by atoms with E-state index in [-0.39, 0.29) is 7.43 Å². The highest BCUT2D eigenvalue weighted by Crippen LogP contribution is 1.99. The van der Waals surface area contributed by atoms with Crippen LogP contribution in [0.2, 0.25) is 0 Å². The molecule has 0 N–H and O–H groups in total. The fraction of sp³-hybridized carbons (Fsp3) is 0.333. The molecule has 0 aliphatic carbocycles. The van der Waals surface area contributed by atoms with Crippen LogP contribution in [0.15, 0.2) is 24.3 Å². The van der Waals surface area contributed by atoms with Gasteiger partial charge in [-0.05, 0) is 19.1 Å². The molecule has 0 spiro atoms. The van der Waals surface area contributed by atoms with Crippen LogP contribution in [0.5, 0.6) is 0 Å². The second-order valence-corrected chi connectivity index (χ2v) is 2.01. The van der Waals surface area contributed by atoms with Gasteiger partial charge in [0.2, 0.25) is 0 Å². The van der Waals surface area contributed by atoms with Crippen LogP contribution in [0, 0.1) is 19.3 Å². The summed E-state index contributed by atoms with van der Waals surface area (Å²) in [5.41, 5.74) is 2.19. The maximum Gasteiger partial charge on any atom is 0.0242 e. The molecule has 0 aromatic heterocycles. The second-order valence-electron chi connectivity index (χ2n) is 2.01. The van der Waals surface area contributed by atoms with Gasteiger partial charge in [0.25, 0.3) is 0 Å². The maximum absolute atomic E-state index is 5.15. The molecule has 0 saturated heterocycles. The second kappa shape index (κ2) is 7.88. The van der Waals surface area contributed by atoms with Gasteiger partial charge in [0.05, 0.1) is 0 Å². The minimum Gasteiger partial charge on any atom is -0.115 e. The van der Waals surface area contributed by atoms with Crippen molar-refractivity contribution in [3.63, 3.8) is 0 Å². The molecule has 0 aliphatic heterocycles. The smallest absolute Gasteiger partial charge is 0.0242 e. The average molecular weight is 162 g/mol. The van der Waals surface area contributed by atoms with E-state index in [2.05, 4.69) is 5.92 Å². The molecule has 66 valence electrons. The van der Waals surface area contributed by atoms with E-state index in [0.717, 1.165) is 5.56 Å². The van der Waals surface area contributed by atoms with Gasteiger partial charge in [0.1, 0.15) is 0 Å². The summed E-state index contributed by atoms with van der Waals surface area (Å²) >= 11 is 0. The molecule has 0 saturated carbocycles. The third-order valence-electron chi connectivity index (χ3n) is 1.22. The molecule has 0 aliphatic rings. The van der Waals surface area contributed by atoms with Crippen molar-refractivity contribution in [2.75, 3.05) is 0 Å². The van der Waals surface area contributed by atoms with Crippen molar-refractivity contribution in [1.29, 1.82) is 0 Å². The summed E-state index contributed by atoms with van der Waals surface area (Å²) in [5, 5.41) is 0. The Morgan fingerprint density at radius 1 is 1.08 bits per heavy atom. The van der Waals surface area contributed by atoms with Crippen molar-refractivity contribution < 1.29 is 0 Å². The number of benzene rings is 1. The first kappa shape index (κ1) is 13.4. The summed E-state index contributed by atoms with van der Waals surface area (Å²) in [7, 11) is 0. The molecule has 1 aromatic carbocycles. The van der Waals surface area contributed by atoms with Crippen LogP contribution < -0.4 is 0 Å². The standard InChI is InChI=1S/C9H8.C2H6.CH4/c1-3-9-6-4-8(2)5-7-9;1-2;/h1,4-7H,2H3;1-2H3;1H4. The zero-order valence-corrected chi connectivity index (χ0v) is 7.39. The summed E-state index contributed by atoms with van der Waals surface area (Å²) in [6.07, 6.45) is 5.15. The van der Waals surface area contributed by atoms with Crippen molar-refractivity contribution in [3.05, 3.63) is 35.4 Å². The van der Waals surface area contributed by atoms with Crippen LogP contribution in [-0.4, -0.2) is 0 Å². The number of terminal acetylenes is 1. The minimum atomic E-state index is 0. The van der Waals surface area contributed by atoms with Crippen LogP contribution in [0.25, 0.3) is 0 Å². The highest BCUT2D eigenvalue weighted by molar-refractivity contribution is 5.33. The number of hydrogen-bond acceptors (Lipinski definition) is 0. The first-order chi connectivity index (χ1) is 5.33. The molecule has 1 aromatic rings. The van der Waals surface area contributed by atoms with Gasteiger partial charge in [0, 0.05) is 5.56 Å². The summed E-state index contributed by atoms with van der Waals surface area (Å²) < 4.78 is 0. The zero-order valence-electron chi connectivity index (χ0n) is 7.39. The fourth-order valence-corrected chi connectivity index (χ4v) is 0.650. The summed E-state index contributed by atoms with van der Waals surface area (Å²) in [6, 6.07) is 7.90. The lowest BCUT2D eigenvalue weighted by Gasteiger charge is -1.89. The molecule has 1 rings (SSSR count). The van der Waals surface area contributed by atoms with Crippen molar-refractivity contribution in [2.24, 2.45) is 0 Å². The van der Waals surface area contributed by atoms with Crippen LogP contribution in [-0.2, 0) is 0 Å². The summed E-state index contributed by atoms with van der Waals surface area (Å²) in [6.45, 7) is 6.04. The molecular formula is C12H18. The average Bonchev–Trinajstić information content (AvgIpc) is 2.10. The van der Waals surface area contributed by atoms with E-state index in [9.17, 15) is 0 Å². The van der Waals surface area contributed by atoms with Gasteiger partial charge in [0.15, 0.2) is 0 Å². The topological polar surface area (TPSA) is 0 Å². The first-order valence-electron chi connectivity index (χ1n) is 3.86. The maximum atomic E-state index is 5.15. The van der Waals surface area contributed by atoms with Crippen LogP contribution >= 0.6 is 0 Å². The normalized spacial score (nSPS) is 6.83. The van der Waals surface area contributed by atoms with Gasteiger partial charge in [-0.15, -0.1) is 6.42 Å². The van der Waals surface area contributed by atoms with E-state index in [1.807, 2.05) is 45.0 Å². The Labute approximate surface area is 76.6 Å². The molecule has 0 radical (unpaired) electrons. The molecule has 0 unspecified atom stereocenters. The predicted molar refractivity (Wildman–Crippen MR) is 57.2 cm³/mol. The van der Waals surface area contributed by atoms with Crippen molar-refractivity contribution in [2.45, 2.75) is 28.2 Å². The molecular weight excluding hydrogens is 144 g/mol. The van der Waals surface area contributed by atoms with Gasteiger partial charge >= 0.3 is 0 Å². The van der Waals surface area contributed by atoms with Gasteiger partial charge in [-0.2, -0.15) is 0 Å². The summed E-state index contributed by atoms with van der Waals surface area (Å²) in [4.78, 5) is 0. The van der Waals surface area contributed by atoms with E-state index in [1.54, 1.807) is 0 Å². The SMILES string of the molecule is C.C#Cc1ccc(C)cc1.CC. The minimum absolute atomic E-state index is 0. The number of aryl methyl sites for hydroxylation is 1. The molecule has 0 heteroatoms. The Bertz CT molecular complexity index is 223. The Morgan fingerprint density at radius 3 is 1.83 bits per heavy atom. The highest BCUT2D eigenvalue weighted by atomic mass is 13.9. The largest absolute Gasteiger partial charge is 0.115 e. The number of rotatable bonds is 0. The molecule has 0 heterocycles. The molecule has 0 bridgehead atoms. The van der Waals surface area contributed by atoms with Gasteiger partial charge in [-0.1, -0.05) is 44.9 Å². The van der Waals surface area contributed by atoms with Crippen LogP contribution in [0.1, 0.15) is 32.4 Å². The monoisotopic (exact) mass is 162 g/mol. The van der Waals surface area contributed by atoms with Gasteiger partial charge in [-0.25, -0.2) is 0 Å². The zero-order chi connectivity index (χ0) is 8.69. The lowest BCUT2D eigenvalue weighted by molar-refractivity contribution is 1.46. The van der Waals surface area contributed by atoms with Gasteiger partial charge in [-0.3, -0.25) is 0 Å². The molecule has 0 amide bonds. The fourth-order valence-electron chi connectivity index (χ4n) is 0.650. The molecule has 0 fully saturated rings. The Balaban J connectivity index is 0. The Hall–Kier alpha value is -1.22. The summed E-state index contributed by atoms with van der Waals surface area (Å²) in [5.74, 6) is 2.55. The Morgan fingerprint density at radius 2 is 1.50 bits per heavy atom. The van der Waals surface area contributed by atoms with E-state index in [0.29, 0.717) is 0 Å². The van der Waals surface area contributed by atoms with Gasteiger partial charge < -0.3 is 0 Å². The lowest BCUT2D eigenvalue weighted by Crippen LogP contribution is -1.72. The van der Waals surface area contributed by atoms with Crippen molar-refractivity contribution >= 4 is 0 Å². The molecule has 0 nitrogen and oxygen atoms in total. The number of hydrogen-bond donors (Lipinski definition) is 0. The van der Waals surface area contributed by atoms with E-state index in [1.165, 1.54) is 5.56 Å². The van der Waals surface area contributed by atoms with Crippen LogP contribution in [0.4, 0.5) is 0 Å². The van der Waals surface area contributed by atoms with Crippen molar-refractivity contribution in [1.82, 2.24) is 0 Å². The first-order valence-corrected chi connectivity index (χ1v) is 3.86. The van der Waals surface area contributed by atoms with Crippen molar-refractivity contribution in [3.8, 4) is 12.3 Å². The highest BCUT2D eigenvalue weighted by Gasteiger charge is 1.82. The quantitative estimate of drug-likeness (QED) is 0.511. The Kier molecular flexibility index (Phi) is 8.79. The molecule has 0 atom stereocenters. The van der Waals surface area contributed by atoms with Crippen LogP contribution in [0.3, 0.4) is 0 Å².